The van der Waals surface area contributed by atoms with Gasteiger partial charge in [0.05, 0.1) is 19.2 Å². The number of rotatable bonds is 15. The fraction of sp³-hybridized carbons (Fsp3) is 0.419. The van der Waals surface area contributed by atoms with Gasteiger partial charge in [0.1, 0.15) is 29.5 Å². The molecular formula is C43H56N6O10. The highest BCUT2D eigenvalue weighted by atomic mass is 16.7. The largest absolute Gasteiger partial charge is 0.460 e. The van der Waals surface area contributed by atoms with Crippen LogP contribution in [0.5, 0.6) is 0 Å². The van der Waals surface area contributed by atoms with Crippen LogP contribution >= 0.6 is 0 Å². The second-order valence-corrected chi connectivity index (χ2v) is 16.4. The highest BCUT2D eigenvalue weighted by Crippen LogP contribution is 2.22. The highest BCUT2D eigenvalue weighted by Gasteiger charge is 2.41. The number of urea groups is 1. The van der Waals surface area contributed by atoms with Crippen molar-refractivity contribution in [3.63, 3.8) is 0 Å². The summed E-state index contributed by atoms with van der Waals surface area (Å²) in [6, 6.07) is 21.4. The van der Waals surface area contributed by atoms with Crippen LogP contribution in [-0.4, -0.2) is 76.2 Å². The molecule has 5 amide bonds. The number of hydrazone groups is 1. The first-order valence-corrected chi connectivity index (χ1v) is 19.0. The molecule has 59 heavy (non-hydrogen) atoms. The molecule has 0 saturated heterocycles. The van der Waals surface area contributed by atoms with Gasteiger partial charge in [0, 0.05) is 12.6 Å². The van der Waals surface area contributed by atoms with Crippen LogP contribution in [0.2, 0.25) is 0 Å². The molecule has 2 atom stereocenters. The van der Waals surface area contributed by atoms with Gasteiger partial charge in [-0.05, 0) is 91.1 Å². The Morgan fingerprint density at radius 1 is 0.695 bits per heavy atom. The van der Waals surface area contributed by atoms with E-state index in [1.807, 2.05) is 30.3 Å². The van der Waals surface area contributed by atoms with Gasteiger partial charge in [-0.2, -0.15) is 10.2 Å². The summed E-state index contributed by atoms with van der Waals surface area (Å²) in [5, 5.41) is 10.1. The standard InChI is InChI=1S/C43H56N6O10/c1-29(50)45-34(25-35(51)57-41(2,3)4)37(52)49(33-19-15-12-16-20-33)36(38(53)58-42(5,6)7)46-39(54)48(56-28-32-17-13-11-14-18-32)27-31-23-21-30(22-24-31)26-44-47-40(55)59-43(8,9)10/h11-24,26,34,36H,25,27-28H2,1-10H3,(H,45,50)(H,46,54)(H,47,55)/t34-,36+/m0/s1. The molecule has 0 aliphatic rings. The van der Waals surface area contributed by atoms with E-state index in [1.165, 1.54) is 25.3 Å². The minimum absolute atomic E-state index is 0.0474. The van der Waals surface area contributed by atoms with E-state index >= 15 is 0 Å². The van der Waals surface area contributed by atoms with Crippen LogP contribution in [0.3, 0.4) is 0 Å². The summed E-state index contributed by atoms with van der Waals surface area (Å²) >= 11 is 0. The smallest absolute Gasteiger partial charge is 0.428 e. The minimum atomic E-state index is -1.84. The molecule has 0 fully saturated rings. The maximum absolute atomic E-state index is 14.6. The van der Waals surface area contributed by atoms with E-state index in [4.69, 9.17) is 19.0 Å². The number of benzene rings is 3. The van der Waals surface area contributed by atoms with Gasteiger partial charge in [-0.3, -0.25) is 24.1 Å². The first-order chi connectivity index (χ1) is 27.5. The summed E-state index contributed by atoms with van der Waals surface area (Å²) in [5.41, 5.74) is 1.73. The molecule has 0 aliphatic heterocycles. The second-order valence-electron chi connectivity index (χ2n) is 16.4. The predicted octanol–water partition coefficient (Wildman–Crippen LogP) is 6.13. The van der Waals surface area contributed by atoms with Gasteiger partial charge in [0.15, 0.2) is 0 Å². The molecule has 0 aromatic heterocycles. The average Bonchev–Trinajstić information content (AvgIpc) is 3.11. The number of ether oxygens (including phenoxy) is 3. The lowest BCUT2D eigenvalue weighted by Gasteiger charge is -2.36. The average molecular weight is 817 g/mol. The first-order valence-electron chi connectivity index (χ1n) is 19.0. The van der Waals surface area contributed by atoms with E-state index in [0.717, 1.165) is 15.5 Å². The fourth-order valence-electron chi connectivity index (χ4n) is 5.17. The zero-order chi connectivity index (χ0) is 44.0. The predicted molar refractivity (Wildman–Crippen MR) is 220 cm³/mol. The molecule has 0 unspecified atom stereocenters. The third-order valence-electron chi connectivity index (χ3n) is 7.42. The van der Waals surface area contributed by atoms with Gasteiger partial charge in [-0.1, -0.05) is 72.8 Å². The lowest BCUT2D eigenvalue weighted by atomic mass is 10.1. The van der Waals surface area contributed by atoms with Gasteiger partial charge in [-0.15, -0.1) is 0 Å². The van der Waals surface area contributed by atoms with Crippen molar-refractivity contribution in [2.45, 2.75) is 118 Å². The van der Waals surface area contributed by atoms with E-state index in [9.17, 15) is 28.8 Å². The molecule has 0 aliphatic carbocycles. The van der Waals surface area contributed by atoms with E-state index in [0.29, 0.717) is 11.1 Å². The van der Waals surface area contributed by atoms with Crippen molar-refractivity contribution in [1.29, 1.82) is 0 Å². The number of nitrogens with zero attached hydrogens (tertiary/aromatic N) is 3. The molecule has 3 rings (SSSR count). The Morgan fingerprint density at radius 2 is 1.25 bits per heavy atom. The lowest BCUT2D eigenvalue weighted by molar-refractivity contribution is -0.159. The lowest BCUT2D eigenvalue weighted by Crippen LogP contribution is -2.62. The third-order valence-corrected chi connectivity index (χ3v) is 7.42. The maximum atomic E-state index is 14.6. The van der Waals surface area contributed by atoms with Crippen LogP contribution in [0.25, 0.3) is 0 Å². The fourth-order valence-corrected chi connectivity index (χ4v) is 5.17. The molecule has 16 nitrogen and oxygen atoms in total. The number of carbonyl (C=O) groups is 6. The summed E-state index contributed by atoms with van der Waals surface area (Å²) in [5.74, 6) is -3.35. The molecule has 0 saturated carbocycles. The van der Waals surface area contributed by atoms with Crippen molar-refractivity contribution in [1.82, 2.24) is 21.1 Å². The number of amides is 5. The van der Waals surface area contributed by atoms with Crippen LogP contribution in [0.15, 0.2) is 90.0 Å². The van der Waals surface area contributed by atoms with Gasteiger partial charge in [-0.25, -0.2) is 19.8 Å². The normalized spacial score (nSPS) is 12.7. The van der Waals surface area contributed by atoms with Crippen LogP contribution < -0.4 is 21.0 Å². The number of hydrogen-bond donors (Lipinski definition) is 3. The summed E-state index contributed by atoms with van der Waals surface area (Å²) in [4.78, 5) is 87.5. The van der Waals surface area contributed by atoms with Gasteiger partial charge in [0.25, 0.3) is 5.91 Å². The van der Waals surface area contributed by atoms with Crippen molar-refractivity contribution in [3.8, 4) is 0 Å². The SMILES string of the molecule is CC(=O)N[C@@H](CC(=O)OC(C)(C)C)C(=O)N(c1ccccc1)[C@@H](NC(=O)N(Cc1ccc(C=NNC(=O)OC(C)(C)C)cc1)OCc1ccccc1)C(=O)OC(C)(C)C. The molecule has 3 N–H and O–H groups in total. The number of hydroxylamine groups is 2. The van der Waals surface area contributed by atoms with Crippen LogP contribution in [0, 0.1) is 0 Å². The van der Waals surface area contributed by atoms with Crippen molar-refractivity contribution in [2.24, 2.45) is 5.10 Å². The van der Waals surface area contributed by atoms with Crippen molar-refractivity contribution in [2.75, 3.05) is 4.90 Å². The zero-order valence-electron chi connectivity index (χ0n) is 35.4. The van der Waals surface area contributed by atoms with Crippen LogP contribution in [-0.2, 0) is 51.4 Å². The Balaban J connectivity index is 2.03. The van der Waals surface area contributed by atoms with Crippen molar-refractivity contribution in [3.05, 3.63) is 102 Å². The monoisotopic (exact) mass is 816 g/mol. The van der Waals surface area contributed by atoms with E-state index in [1.54, 1.807) is 105 Å². The topological polar surface area (TPSA) is 194 Å². The molecule has 0 radical (unpaired) electrons. The summed E-state index contributed by atoms with van der Waals surface area (Å²) in [7, 11) is 0. The molecule has 0 spiro atoms. The molecule has 16 heteroatoms. The number of carbonyl (C=O) groups excluding carboxylic acids is 6. The second kappa shape index (κ2) is 20.9. The van der Waals surface area contributed by atoms with Gasteiger partial charge < -0.3 is 24.8 Å². The highest BCUT2D eigenvalue weighted by molar-refractivity contribution is 6.05. The van der Waals surface area contributed by atoms with E-state index in [2.05, 4.69) is 21.2 Å². The van der Waals surface area contributed by atoms with Crippen molar-refractivity contribution < 1.29 is 47.8 Å². The Hall–Kier alpha value is -6.29. The molecule has 0 bridgehead atoms. The molecule has 3 aromatic rings. The molecule has 3 aromatic carbocycles. The Morgan fingerprint density at radius 3 is 1.80 bits per heavy atom. The summed E-state index contributed by atoms with van der Waals surface area (Å²) < 4.78 is 16.4. The Labute approximate surface area is 345 Å². The van der Waals surface area contributed by atoms with Gasteiger partial charge in [0.2, 0.25) is 12.1 Å². The quantitative estimate of drug-likeness (QED) is 0.0529. The number of nitrogens with one attached hydrogen (secondary N) is 3. The summed E-state index contributed by atoms with van der Waals surface area (Å²) in [6.07, 6.45) is -1.72. The number of para-hydroxylation sites is 1. The third kappa shape index (κ3) is 17.4. The van der Waals surface area contributed by atoms with Crippen molar-refractivity contribution >= 4 is 47.8 Å². The molecular weight excluding hydrogens is 761 g/mol. The van der Waals surface area contributed by atoms with Gasteiger partial charge >= 0.3 is 24.1 Å². The molecule has 318 valence electrons. The van der Waals surface area contributed by atoms with Crippen LogP contribution in [0.4, 0.5) is 15.3 Å². The number of hydrogen-bond acceptors (Lipinski definition) is 11. The Kier molecular flexibility index (Phi) is 16.7. The van der Waals surface area contributed by atoms with Crippen LogP contribution in [0.1, 0.15) is 92.3 Å². The number of esters is 2. The van der Waals surface area contributed by atoms with E-state index < -0.39 is 71.3 Å². The number of anilines is 1. The maximum Gasteiger partial charge on any atom is 0.428 e. The first kappa shape index (κ1) is 47.1. The zero-order valence-corrected chi connectivity index (χ0v) is 35.4. The molecule has 0 heterocycles. The summed E-state index contributed by atoms with van der Waals surface area (Å²) in [6.45, 7) is 16.0. The van der Waals surface area contributed by atoms with E-state index in [-0.39, 0.29) is 18.8 Å². The minimum Gasteiger partial charge on any atom is -0.460 e. The Bertz CT molecular complexity index is 1920.